The number of hydrogen-bond acceptors (Lipinski definition) is 7. The summed E-state index contributed by atoms with van der Waals surface area (Å²) in [6, 6.07) is 0. The van der Waals surface area contributed by atoms with E-state index in [1.54, 1.807) is 6.92 Å². The van der Waals surface area contributed by atoms with Crippen molar-refractivity contribution >= 4 is 17.7 Å². The van der Waals surface area contributed by atoms with Gasteiger partial charge in [0.25, 0.3) is 0 Å². The van der Waals surface area contributed by atoms with Gasteiger partial charge >= 0.3 is 11.9 Å². The van der Waals surface area contributed by atoms with Crippen molar-refractivity contribution in [3.05, 3.63) is 12.2 Å². The molecule has 0 aromatic rings. The maximum atomic E-state index is 13.1. The van der Waals surface area contributed by atoms with Gasteiger partial charge in [0.1, 0.15) is 0 Å². The first-order valence-corrected chi connectivity index (χ1v) is 14.9. The Hall–Kier alpha value is -1.73. The van der Waals surface area contributed by atoms with Gasteiger partial charge in [-0.2, -0.15) is 0 Å². The van der Waals surface area contributed by atoms with Gasteiger partial charge < -0.3 is 19.7 Å². The van der Waals surface area contributed by atoms with Crippen molar-refractivity contribution in [1.29, 1.82) is 0 Å². The number of Topliss-reactive ketones (excluding diaryl/α,β-unsaturated/α-hetero) is 1. The van der Waals surface area contributed by atoms with E-state index in [4.69, 9.17) is 9.47 Å². The van der Waals surface area contributed by atoms with Crippen molar-refractivity contribution in [2.24, 2.45) is 50.7 Å². The molecule has 0 aromatic heterocycles. The molecule has 0 saturated heterocycles. The molecule has 5 aliphatic carbocycles. The van der Waals surface area contributed by atoms with Gasteiger partial charge in [0, 0.05) is 18.3 Å². The summed E-state index contributed by atoms with van der Waals surface area (Å²) in [4.78, 5) is 38.6. The van der Waals surface area contributed by atoms with Crippen LogP contribution >= 0.6 is 0 Å². The Morgan fingerprint density at radius 2 is 1.59 bits per heavy atom. The van der Waals surface area contributed by atoms with Crippen molar-refractivity contribution < 1.29 is 34.1 Å². The molecule has 5 saturated carbocycles. The summed E-state index contributed by atoms with van der Waals surface area (Å²) in [6.45, 7) is 12.1. The first kappa shape index (κ1) is 28.8. The number of carbonyl (C=O) groups is 3. The Kier molecular flexibility index (Phi) is 6.74. The van der Waals surface area contributed by atoms with Crippen molar-refractivity contribution in [2.75, 3.05) is 14.2 Å². The van der Waals surface area contributed by atoms with Crippen LogP contribution in [0.4, 0.5) is 0 Å². The number of aliphatic hydroxyl groups is 2. The van der Waals surface area contributed by atoms with Crippen LogP contribution in [0.1, 0.15) is 91.9 Å². The summed E-state index contributed by atoms with van der Waals surface area (Å²) < 4.78 is 10.5. The van der Waals surface area contributed by atoms with Crippen LogP contribution in [0.15, 0.2) is 12.2 Å². The molecular weight excluding hydrogens is 496 g/mol. The molecule has 39 heavy (non-hydrogen) atoms. The van der Waals surface area contributed by atoms with E-state index >= 15 is 0 Å². The molecule has 0 radical (unpaired) electrons. The van der Waals surface area contributed by atoms with Crippen LogP contribution in [-0.2, 0) is 23.9 Å². The zero-order valence-electron chi connectivity index (χ0n) is 24.7. The highest BCUT2D eigenvalue weighted by Gasteiger charge is 2.85. The molecule has 7 nitrogen and oxygen atoms in total. The van der Waals surface area contributed by atoms with Gasteiger partial charge in [-0.1, -0.05) is 20.4 Å². The van der Waals surface area contributed by atoms with E-state index in [0.29, 0.717) is 24.3 Å². The highest BCUT2D eigenvalue weighted by Crippen LogP contribution is 2.89. The van der Waals surface area contributed by atoms with E-state index in [1.807, 2.05) is 6.92 Å². The summed E-state index contributed by atoms with van der Waals surface area (Å²) in [6.07, 6.45) is 5.81. The maximum Gasteiger partial charge on any atom is 0.314 e. The lowest BCUT2D eigenvalue weighted by atomic mass is 9.41. The van der Waals surface area contributed by atoms with E-state index in [1.165, 1.54) is 14.2 Å². The minimum absolute atomic E-state index is 0.00205. The van der Waals surface area contributed by atoms with E-state index < -0.39 is 17.6 Å². The topological polar surface area (TPSA) is 110 Å². The van der Waals surface area contributed by atoms with Gasteiger partial charge in [0.15, 0.2) is 5.78 Å². The normalized spacial score (nSPS) is 48.5. The molecule has 0 amide bonds. The SMILES string of the molecule is C=C(C)C(=O)CC[C@@H](C(=O)OC)[C@H]1CC[C@@]2(C)[C@@H]3CC[C@H]4[C@](C)(C(=O)OC)[C@@H](O)C[C@H](O)[C@@]45C[C@@]35CC[C@]12C. The Balaban J connectivity index is 1.48. The average Bonchev–Trinajstić information content (AvgIpc) is 3.52. The summed E-state index contributed by atoms with van der Waals surface area (Å²) in [7, 11) is 2.83. The van der Waals surface area contributed by atoms with Crippen LogP contribution in [0.25, 0.3) is 0 Å². The molecule has 0 bridgehead atoms. The first-order valence-electron chi connectivity index (χ1n) is 14.9. The minimum Gasteiger partial charge on any atom is -0.469 e. The van der Waals surface area contributed by atoms with Gasteiger partial charge in [-0.25, -0.2) is 0 Å². The van der Waals surface area contributed by atoms with Crippen LogP contribution in [0.3, 0.4) is 0 Å². The molecule has 5 rings (SSSR count). The van der Waals surface area contributed by atoms with Gasteiger partial charge in [0.2, 0.25) is 0 Å². The predicted octanol–water partition coefficient (Wildman–Crippen LogP) is 4.62. The summed E-state index contributed by atoms with van der Waals surface area (Å²) in [5, 5.41) is 22.7. The number of ether oxygens (including phenoxy) is 2. The van der Waals surface area contributed by atoms with Crippen LogP contribution in [0, 0.1) is 50.7 Å². The molecule has 5 aliphatic rings. The second kappa shape index (κ2) is 9.14. The largest absolute Gasteiger partial charge is 0.469 e. The number of esters is 2. The fourth-order valence-electron chi connectivity index (χ4n) is 11.4. The Bertz CT molecular complexity index is 1080. The third-order valence-corrected chi connectivity index (χ3v) is 13.6. The van der Waals surface area contributed by atoms with E-state index in [0.717, 1.165) is 44.9 Å². The number of hydrogen-bond donors (Lipinski definition) is 2. The zero-order chi connectivity index (χ0) is 28.8. The number of allylic oxidation sites excluding steroid dienone is 1. The highest BCUT2D eigenvalue weighted by atomic mass is 16.5. The smallest absolute Gasteiger partial charge is 0.314 e. The lowest BCUT2D eigenvalue weighted by Gasteiger charge is -2.63. The fourth-order valence-corrected chi connectivity index (χ4v) is 11.4. The molecule has 0 unspecified atom stereocenters. The average molecular weight is 545 g/mol. The molecule has 7 heteroatoms. The van der Waals surface area contributed by atoms with Crippen molar-refractivity contribution in [1.82, 2.24) is 0 Å². The standard InChI is InChI=1S/C32H48O7/c1-18(2)21(33)9-8-19(26(36)38-6)20-12-13-29(4)22-10-11-23-30(5,27(37)39-7)24(34)16-25(35)32(23)17-31(22,32)15-14-28(20,29)3/h19-20,22-25,34-35H,1,8-17H2,2-7H3/t19-,20-,22+,23+,24+,25+,28-,29+,30+,31+,32-/m1/s1. The van der Waals surface area contributed by atoms with Crippen molar-refractivity contribution in [3.8, 4) is 0 Å². The van der Waals surface area contributed by atoms with Gasteiger partial charge in [-0.05, 0) is 105 Å². The predicted molar refractivity (Wildman–Crippen MR) is 145 cm³/mol. The lowest BCUT2D eigenvalue weighted by molar-refractivity contribution is -0.212. The number of aliphatic hydroxyl groups excluding tert-OH is 2. The number of carbonyl (C=O) groups excluding carboxylic acids is 3. The molecule has 0 heterocycles. The molecule has 2 N–H and O–H groups in total. The second-order valence-electron chi connectivity index (χ2n) is 14.4. The number of rotatable bonds is 7. The first-order chi connectivity index (χ1) is 18.2. The van der Waals surface area contributed by atoms with Gasteiger partial charge in [-0.15, -0.1) is 0 Å². The molecule has 0 aromatic carbocycles. The highest BCUT2D eigenvalue weighted by molar-refractivity contribution is 5.94. The van der Waals surface area contributed by atoms with Crippen LogP contribution < -0.4 is 0 Å². The van der Waals surface area contributed by atoms with Crippen molar-refractivity contribution in [2.45, 2.75) is 104 Å². The maximum absolute atomic E-state index is 13.1. The van der Waals surface area contributed by atoms with Crippen LogP contribution in [0.5, 0.6) is 0 Å². The number of methoxy groups -OCH3 is 2. The van der Waals surface area contributed by atoms with Gasteiger partial charge in [-0.3, -0.25) is 14.4 Å². The third kappa shape index (κ3) is 3.44. The molecule has 218 valence electrons. The minimum atomic E-state index is -1.02. The summed E-state index contributed by atoms with van der Waals surface area (Å²) in [5.74, 6) is -0.557. The lowest BCUT2D eigenvalue weighted by Crippen LogP contribution is -2.63. The summed E-state index contributed by atoms with van der Waals surface area (Å²) >= 11 is 0. The van der Waals surface area contributed by atoms with Crippen molar-refractivity contribution in [3.63, 3.8) is 0 Å². The number of ketones is 1. The zero-order valence-corrected chi connectivity index (χ0v) is 24.7. The van der Waals surface area contributed by atoms with Crippen LogP contribution in [0.2, 0.25) is 0 Å². The van der Waals surface area contributed by atoms with E-state index in [-0.39, 0.29) is 63.6 Å². The van der Waals surface area contributed by atoms with Gasteiger partial charge in [0.05, 0.1) is 37.8 Å². The Morgan fingerprint density at radius 3 is 2.21 bits per heavy atom. The molecule has 11 atom stereocenters. The second-order valence-corrected chi connectivity index (χ2v) is 14.4. The van der Waals surface area contributed by atoms with E-state index in [9.17, 15) is 24.6 Å². The van der Waals surface area contributed by atoms with E-state index in [2.05, 4.69) is 20.4 Å². The van der Waals surface area contributed by atoms with Crippen LogP contribution in [-0.4, -0.2) is 54.4 Å². The molecule has 2 spiro atoms. The fraction of sp³-hybridized carbons (Fsp3) is 0.844. The molecule has 0 aliphatic heterocycles. The number of fused-ring (bicyclic) bond motifs is 2. The monoisotopic (exact) mass is 544 g/mol. The summed E-state index contributed by atoms with van der Waals surface area (Å²) in [5.41, 5.74) is -1.08. The Morgan fingerprint density at radius 1 is 0.923 bits per heavy atom. The Labute approximate surface area is 233 Å². The molecular formula is C32H48O7. The third-order valence-electron chi connectivity index (χ3n) is 13.6. The quantitative estimate of drug-likeness (QED) is 0.355. The molecule has 5 fully saturated rings.